The van der Waals surface area contributed by atoms with Crippen molar-refractivity contribution in [2.75, 3.05) is 39.2 Å². The maximum Gasteiger partial charge on any atom is 0.0728 e. The van der Waals surface area contributed by atoms with Crippen molar-refractivity contribution >= 4 is 5.69 Å². The Morgan fingerprint density at radius 1 is 1.47 bits per heavy atom. The van der Waals surface area contributed by atoms with Crippen LogP contribution in [-0.2, 0) is 11.3 Å². The van der Waals surface area contributed by atoms with E-state index in [1.807, 2.05) is 10.9 Å². The predicted octanol–water partition coefficient (Wildman–Crippen LogP) is 1.04. The van der Waals surface area contributed by atoms with Gasteiger partial charge < -0.3 is 15.0 Å². The summed E-state index contributed by atoms with van der Waals surface area (Å²) in [5.74, 6) is 0. The third kappa shape index (κ3) is 3.71. The van der Waals surface area contributed by atoms with Crippen LogP contribution in [0.1, 0.15) is 12.8 Å². The van der Waals surface area contributed by atoms with Gasteiger partial charge >= 0.3 is 0 Å². The summed E-state index contributed by atoms with van der Waals surface area (Å²) in [5, 5.41) is 7.85. The van der Waals surface area contributed by atoms with Crippen LogP contribution < -0.4 is 5.32 Å². The molecule has 2 rings (SSSR count). The van der Waals surface area contributed by atoms with E-state index in [0.29, 0.717) is 12.6 Å². The Morgan fingerprint density at radius 3 is 2.94 bits per heavy atom. The van der Waals surface area contributed by atoms with Crippen LogP contribution in [-0.4, -0.2) is 54.6 Å². The molecule has 0 amide bonds. The lowest BCUT2D eigenvalue weighted by atomic mass is 10.1. The number of anilines is 1. The van der Waals surface area contributed by atoms with Crippen LogP contribution in [0.15, 0.2) is 12.4 Å². The molecule has 17 heavy (non-hydrogen) atoms. The summed E-state index contributed by atoms with van der Waals surface area (Å²) in [4.78, 5) is 2.38. The van der Waals surface area contributed by atoms with Crippen LogP contribution in [0.4, 0.5) is 5.69 Å². The van der Waals surface area contributed by atoms with Gasteiger partial charge in [-0.3, -0.25) is 4.68 Å². The van der Waals surface area contributed by atoms with Crippen LogP contribution in [0.3, 0.4) is 0 Å². The maximum atomic E-state index is 5.03. The Kier molecular flexibility index (Phi) is 4.39. The zero-order valence-corrected chi connectivity index (χ0v) is 10.7. The molecule has 1 aromatic rings. The predicted molar refractivity (Wildman–Crippen MR) is 68.2 cm³/mol. The van der Waals surface area contributed by atoms with Crippen LogP contribution in [0.25, 0.3) is 0 Å². The van der Waals surface area contributed by atoms with Gasteiger partial charge in [0.05, 0.1) is 25.0 Å². The molecule has 0 aliphatic carbocycles. The number of aromatic nitrogens is 2. The standard InChI is InChI=1S/C12H22N4O/c1-15-5-3-11(4-6-15)14-12-9-13-16(10-12)7-8-17-2/h9-11,14H,3-8H2,1-2H3. The Morgan fingerprint density at radius 2 is 2.24 bits per heavy atom. The number of piperidine rings is 1. The fourth-order valence-corrected chi connectivity index (χ4v) is 2.13. The minimum absolute atomic E-state index is 0.589. The highest BCUT2D eigenvalue weighted by Crippen LogP contribution is 2.15. The molecule has 1 saturated heterocycles. The van der Waals surface area contributed by atoms with Gasteiger partial charge in [0.25, 0.3) is 0 Å². The van der Waals surface area contributed by atoms with Gasteiger partial charge in [0.2, 0.25) is 0 Å². The normalized spacial score (nSPS) is 18.5. The minimum atomic E-state index is 0.589. The molecule has 1 fully saturated rings. The SMILES string of the molecule is COCCn1cc(NC2CCN(C)CC2)cn1. The van der Waals surface area contributed by atoms with Crippen molar-refractivity contribution in [3.8, 4) is 0 Å². The Balaban J connectivity index is 1.80. The zero-order valence-electron chi connectivity index (χ0n) is 10.7. The summed E-state index contributed by atoms with van der Waals surface area (Å²) >= 11 is 0. The van der Waals surface area contributed by atoms with Crippen LogP contribution in [0.2, 0.25) is 0 Å². The van der Waals surface area contributed by atoms with Gasteiger partial charge in [0.15, 0.2) is 0 Å². The van der Waals surface area contributed by atoms with Crippen molar-refractivity contribution in [3.63, 3.8) is 0 Å². The van der Waals surface area contributed by atoms with E-state index in [9.17, 15) is 0 Å². The number of ether oxygens (including phenoxy) is 1. The molecule has 1 aliphatic rings. The van der Waals surface area contributed by atoms with Crippen LogP contribution in [0.5, 0.6) is 0 Å². The van der Waals surface area contributed by atoms with Gasteiger partial charge in [0, 0.05) is 19.3 Å². The molecular weight excluding hydrogens is 216 g/mol. The van der Waals surface area contributed by atoms with Crippen molar-refractivity contribution in [2.24, 2.45) is 0 Å². The van der Waals surface area contributed by atoms with Crippen molar-refractivity contribution in [1.82, 2.24) is 14.7 Å². The summed E-state index contributed by atoms with van der Waals surface area (Å²) in [6.07, 6.45) is 6.37. The first kappa shape index (κ1) is 12.4. The fraction of sp³-hybridized carbons (Fsp3) is 0.750. The van der Waals surface area contributed by atoms with Crippen molar-refractivity contribution in [1.29, 1.82) is 0 Å². The molecule has 1 N–H and O–H groups in total. The summed E-state index contributed by atoms with van der Waals surface area (Å²) in [6.45, 7) is 3.87. The summed E-state index contributed by atoms with van der Waals surface area (Å²) < 4.78 is 6.95. The highest BCUT2D eigenvalue weighted by molar-refractivity contribution is 5.39. The molecule has 0 radical (unpaired) electrons. The van der Waals surface area contributed by atoms with Gasteiger partial charge in [-0.1, -0.05) is 0 Å². The third-order valence-corrected chi connectivity index (χ3v) is 3.25. The number of nitrogens with one attached hydrogen (secondary N) is 1. The number of hydrogen-bond donors (Lipinski definition) is 1. The molecule has 0 bridgehead atoms. The Labute approximate surface area is 103 Å². The van der Waals surface area contributed by atoms with Crippen molar-refractivity contribution < 1.29 is 4.74 Å². The molecule has 0 saturated carbocycles. The van der Waals surface area contributed by atoms with Crippen LogP contribution >= 0.6 is 0 Å². The molecule has 1 aliphatic heterocycles. The molecule has 2 heterocycles. The second-order valence-corrected chi connectivity index (χ2v) is 4.71. The smallest absolute Gasteiger partial charge is 0.0728 e. The summed E-state index contributed by atoms with van der Waals surface area (Å²) in [6, 6.07) is 0.589. The van der Waals surface area contributed by atoms with Gasteiger partial charge in [-0.05, 0) is 33.0 Å². The zero-order chi connectivity index (χ0) is 12.1. The van der Waals surface area contributed by atoms with E-state index in [0.717, 1.165) is 12.2 Å². The van der Waals surface area contributed by atoms with E-state index in [4.69, 9.17) is 4.74 Å². The third-order valence-electron chi connectivity index (χ3n) is 3.25. The molecule has 0 aromatic carbocycles. The molecule has 96 valence electrons. The van der Waals surface area contributed by atoms with E-state index in [-0.39, 0.29) is 0 Å². The lowest BCUT2D eigenvalue weighted by Crippen LogP contribution is -2.36. The number of methoxy groups -OCH3 is 1. The fourth-order valence-electron chi connectivity index (χ4n) is 2.13. The van der Waals surface area contributed by atoms with E-state index < -0.39 is 0 Å². The van der Waals surface area contributed by atoms with Gasteiger partial charge in [-0.25, -0.2) is 0 Å². The lowest BCUT2D eigenvalue weighted by Gasteiger charge is -2.29. The van der Waals surface area contributed by atoms with E-state index in [1.165, 1.54) is 25.9 Å². The Hall–Kier alpha value is -1.07. The maximum absolute atomic E-state index is 5.03. The topological polar surface area (TPSA) is 42.3 Å². The molecular formula is C12H22N4O. The summed E-state index contributed by atoms with van der Waals surface area (Å²) in [7, 11) is 3.89. The van der Waals surface area contributed by atoms with Gasteiger partial charge in [-0.15, -0.1) is 0 Å². The molecule has 0 unspecified atom stereocenters. The molecule has 1 aromatic heterocycles. The van der Waals surface area contributed by atoms with Gasteiger partial charge in [-0.2, -0.15) is 5.10 Å². The number of rotatable bonds is 5. The average Bonchev–Trinajstić information content (AvgIpc) is 2.77. The number of hydrogen-bond acceptors (Lipinski definition) is 4. The first-order valence-corrected chi connectivity index (χ1v) is 6.24. The average molecular weight is 238 g/mol. The van der Waals surface area contributed by atoms with E-state index >= 15 is 0 Å². The van der Waals surface area contributed by atoms with E-state index in [1.54, 1.807) is 7.11 Å². The highest BCUT2D eigenvalue weighted by atomic mass is 16.5. The largest absolute Gasteiger partial charge is 0.383 e. The van der Waals surface area contributed by atoms with Crippen molar-refractivity contribution in [2.45, 2.75) is 25.4 Å². The van der Waals surface area contributed by atoms with Crippen molar-refractivity contribution in [3.05, 3.63) is 12.4 Å². The first-order chi connectivity index (χ1) is 8.28. The first-order valence-electron chi connectivity index (χ1n) is 6.24. The number of nitrogens with zero attached hydrogens (tertiary/aromatic N) is 3. The van der Waals surface area contributed by atoms with E-state index in [2.05, 4.69) is 28.6 Å². The molecule has 0 atom stereocenters. The second kappa shape index (κ2) is 6.02. The summed E-state index contributed by atoms with van der Waals surface area (Å²) in [5.41, 5.74) is 1.12. The molecule has 0 spiro atoms. The Bertz CT molecular complexity index is 331. The quantitative estimate of drug-likeness (QED) is 0.832. The van der Waals surface area contributed by atoms with Gasteiger partial charge in [0.1, 0.15) is 0 Å². The lowest BCUT2D eigenvalue weighted by molar-refractivity contribution is 0.183. The molecule has 5 heteroatoms. The van der Waals surface area contributed by atoms with Crippen LogP contribution in [0, 0.1) is 0 Å². The highest BCUT2D eigenvalue weighted by Gasteiger charge is 2.16. The second-order valence-electron chi connectivity index (χ2n) is 4.71. The molecule has 5 nitrogen and oxygen atoms in total. The number of likely N-dealkylation sites (tertiary alicyclic amines) is 1. The minimum Gasteiger partial charge on any atom is -0.383 e. The monoisotopic (exact) mass is 238 g/mol.